The first-order chi connectivity index (χ1) is 9.09. The van der Waals surface area contributed by atoms with Gasteiger partial charge in [0.25, 0.3) is 0 Å². The summed E-state index contributed by atoms with van der Waals surface area (Å²) < 4.78 is 3.15. The first kappa shape index (κ1) is 12.7. The second-order valence-electron chi connectivity index (χ2n) is 5.28. The van der Waals surface area contributed by atoms with Gasteiger partial charge in [0.15, 0.2) is 0 Å². The summed E-state index contributed by atoms with van der Waals surface area (Å²) in [6.07, 6.45) is 5.05. The number of nitrogens with zero attached hydrogens (tertiary/aromatic N) is 1. The minimum atomic E-state index is -0.873. The molecule has 0 radical (unpaired) electrons. The normalized spacial score (nSPS) is 16.3. The van der Waals surface area contributed by atoms with E-state index in [0.29, 0.717) is 11.5 Å². The zero-order valence-electron chi connectivity index (χ0n) is 10.8. The van der Waals surface area contributed by atoms with Crippen molar-refractivity contribution in [3.8, 4) is 0 Å². The molecule has 3 rings (SSSR count). The van der Waals surface area contributed by atoms with Gasteiger partial charge in [0.1, 0.15) is 0 Å². The predicted octanol–water partition coefficient (Wildman–Crippen LogP) is 4.30. The molecular formula is C15H16BrNO2. The van der Waals surface area contributed by atoms with Crippen LogP contribution in [0.5, 0.6) is 0 Å². The molecule has 0 saturated heterocycles. The first-order valence-electron chi connectivity index (χ1n) is 6.60. The van der Waals surface area contributed by atoms with E-state index < -0.39 is 5.97 Å². The molecule has 4 heteroatoms. The number of aromatic carboxylic acids is 1. The molecule has 2 aromatic rings. The fourth-order valence-corrected chi connectivity index (χ4v) is 3.90. The van der Waals surface area contributed by atoms with Crippen LogP contribution < -0.4 is 0 Å². The Labute approximate surface area is 120 Å². The highest BCUT2D eigenvalue weighted by Gasteiger charge is 2.25. The fourth-order valence-electron chi connectivity index (χ4n) is 3.17. The molecule has 1 aliphatic rings. The van der Waals surface area contributed by atoms with Gasteiger partial charge in [0.05, 0.1) is 10.2 Å². The minimum Gasteiger partial charge on any atom is -0.478 e. The quantitative estimate of drug-likeness (QED) is 0.896. The third-order valence-electron chi connectivity index (χ3n) is 4.18. The zero-order chi connectivity index (χ0) is 13.6. The number of rotatable bonds is 2. The van der Waals surface area contributed by atoms with Crippen LogP contribution in [0.25, 0.3) is 10.9 Å². The van der Waals surface area contributed by atoms with Crippen molar-refractivity contribution in [3.05, 3.63) is 33.9 Å². The summed E-state index contributed by atoms with van der Waals surface area (Å²) in [5.74, 6) is -0.268. The van der Waals surface area contributed by atoms with Crippen molar-refractivity contribution in [1.29, 1.82) is 0 Å². The molecule has 0 unspecified atom stereocenters. The van der Waals surface area contributed by atoms with Crippen LogP contribution in [0.2, 0.25) is 0 Å². The van der Waals surface area contributed by atoms with Crippen molar-refractivity contribution in [1.82, 2.24) is 4.57 Å². The Morgan fingerprint density at radius 1 is 1.37 bits per heavy atom. The molecule has 1 heterocycles. The molecule has 1 saturated carbocycles. The summed E-state index contributed by atoms with van der Waals surface area (Å²) in [5.41, 5.74) is 2.69. The highest BCUT2D eigenvalue weighted by atomic mass is 79.9. The van der Waals surface area contributed by atoms with Crippen LogP contribution in [-0.4, -0.2) is 15.6 Å². The number of carboxylic acids is 1. The summed E-state index contributed by atoms with van der Waals surface area (Å²) in [4.78, 5) is 11.1. The van der Waals surface area contributed by atoms with Gasteiger partial charge >= 0.3 is 5.97 Å². The summed E-state index contributed by atoms with van der Waals surface area (Å²) >= 11 is 3.68. The van der Waals surface area contributed by atoms with E-state index in [4.69, 9.17) is 5.11 Å². The average Bonchev–Trinajstić information content (AvgIpc) is 2.98. The van der Waals surface area contributed by atoms with Gasteiger partial charge < -0.3 is 9.67 Å². The van der Waals surface area contributed by atoms with Crippen molar-refractivity contribution >= 4 is 32.8 Å². The van der Waals surface area contributed by atoms with Gasteiger partial charge in [-0.3, -0.25) is 0 Å². The predicted molar refractivity (Wildman–Crippen MR) is 78.8 cm³/mol. The highest BCUT2D eigenvalue weighted by Crippen LogP contribution is 2.42. The Balaban J connectivity index is 2.22. The summed E-state index contributed by atoms with van der Waals surface area (Å²) in [6.45, 7) is 0. The van der Waals surface area contributed by atoms with Crippen LogP contribution in [-0.2, 0) is 7.05 Å². The molecule has 19 heavy (non-hydrogen) atoms. The first-order valence-corrected chi connectivity index (χ1v) is 7.40. The van der Waals surface area contributed by atoms with Gasteiger partial charge in [-0.1, -0.05) is 18.9 Å². The SMILES string of the molecule is Cn1c(Br)c(C2CCCC2)c2ccc(C(=O)O)cc21. The topological polar surface area (TPSA) is 42.2 Å². The van der Waals surface area contributed by atoms with Crippen molar-refractivity contribution in [2.24, 2.45) is 7.05 Å². The van der Waals surface area contributed by atoms with Crippen molar-refractivity contribution in [2.45, 2.75) is 31.6 Å². The number of aromatic nitrogens is 1. The Hall–Kier alpha value is -1.29. The third kappa shape index (κ3) is 1.98. The number of benzene rings is 1. The molecule has 0 atom stereocenters. The van der Waals surface area contributed by atoms with Crippen LogP contribution in [0.15, 0.2) is 22.8 Å². The van der Waals surface area contributed by atoms with E-state index in [0.717, 1.165) is 10.1 Å². The van der Waals surface area contributed by atoms with E-state index >= 15 is 0 Å². The second kappa shape index (κ2) is 4.67. The van der Waals surface area contributed by atoms with Gasteiger partial charge in [-0.05, 0) is 52.4 Å². The fraction of sp³-hybridized carbons (Fsp3) is 0.400. The monoisotopic (exact) mass is 321 g/mol. The molecule has 0 amide bonds. The Morgan fingerprint density at radius 3 is 2.68 bits per heavy atom. The number of fused-ring (bicyclic) bond motifs is 1. The molecule has 100 valence electrons. The molecule has 1 N–H and O–H groups in total. The lowest BCUT2D eigenvalue weighted by Crippen LogP contribution is -1.96. The number of aryl methyl sites for hydroxylation is 1. The van der Waals surface area contributed by atoms with E-state index in [9.17, 15) is 4.79 Å². The molecule has 1 aromatic carbocycles. The Kier molecular flexibility index (Phi) is 3.13. The van der Waals surface area contributed by atoms with Gasteiger partial charge in [-0.25, -0.2) is 4.79 Å². The summed E-state index contributed by atoms with van der Waals surface area (Å²) in [5, 5.41) is 10.3. The molecule has 0 bridgehead atoms. The van der Waals surface area contributed by atoms with Gasteiger partial charge in [-0.2, -0.15) is 0 Å². The smallest absolute Gasteiger partial charge is 0.335 e. The van der Waals surface area contributed by atoms with Crippen LogP contribution in [0.1, 0.15) is 47.5 Å². The number of halogens is 1. The number of carboxylic acid groups (broad SMARTS) is 1. The van der Waals surface area contributed by atoms with Gasteiger partial charge in [-0.15, -0.1) is 0 Å². The highest BCUT2D eigenvalue weighted by molar-refractivity contribution is 9.10. The van der Waals surface area contributed by atoms with Crippen molar-refractivity contribution in [3.63, 3.8) is 0 Å². The maximum atomic E-state index is 11.1. The third-order valence-corrected chi connectivity index (χ3v) is 5.14. The van der Waals surface area contributed by atoms with Crippen molar-refractivity contribution in [2.75, 3.05) is 0 Å². The standard InChI is InChI=1S/C15H16BrNO2/c1-17-12-8-10(15(18)19)6-7-11(12)13(14(17)16)9-4-2-3-5-9/h6-9H,2-5H2,1H3,(H,18,19). The number of carbonyl (C=O) groups is 1. The lowest BCUT2D eigenvalue weighted by atomic mass is 9.97. The van der Waals surface area contributed by atoms with Crippen LogP contribution in [0, 0.1) is 0 Å². The molecule has 1 aliphatic carbocycles. The van der Waals surface area contributed by atoms with Crippen LogP contribution >= 0.6 is 15.9 Å². The molecule has 0 spiro atoms. The van der Waals surface area contributed by atoms with E-state index in [1.165, 1.54) is 36.6 Å². The largest absolute Gasteiger partial charge is 0.478 e. The average molecular weight is 322 g/mol. The van der Waals surface area contributed by atoms with E-state index in [2.05, 4.69) is 20.5 Å². The van der Waals surface area contributed by atoms with E-state index in [1.807, 2.05) is 13.1 Å². The summed E-state index contributed by atoms with van der Waals surface area (Å²) in [6, 6.07) is 5.42. The molecule has 3 nitrogen and oxygen atoms in total. The maximum Gasteiger partial charge on any atom is 0.335 e. The Morgan fingerprint density at radius 2 is 2.05 bits per heavy atom. The van der Waals surface area contributed by atoms with E-state index in [1.54, 1.807) is 12.1 Å². The number of hydrogen-bond donors (Lipinski definition) is 1. The molecule has 1 fully saturated rings. The zero-order valence-corrected chi connectivity index (χ0v) is 12.4. The Bertz CT molecular complexity index is 654. The second-order valence-corrected chi connectivity index (χ2v) is 6.03. The summed E-state index contributed by atoms with van der Waals surface area (Å²) in [7, 11) is 1.98. The van der Waals surface area contributed by atoms with Crippen molar-refractivity contribution < 1.29 is 9.90 Å². The van der Waals surface area contributed by atoms with Gasteiger partial charge in [0, 0.05) is 18.0 Å². The minimum absolute atomic E-state index is 0.346. The lowest BCUT2D eigenvalue weighted by Gasteiger charge is -2.09. The van der Waals surface area contributed by atoms with Crippen LogP contribution in [0.3, 0.4) is 0 Å². The maximum absolute atomic E-state index is 11.1. The van der Waals surface area contributed by atoms with Crippen LogP contribution in [0.4, 0.5) is 0 Å². The van der Waals surface area contributed by atoms with Gasteiger partial charge in [0.2, 0.25) is 0 Å². The van der Waals surface area contributed by atoms with E-state index in [-0.39, 0.29) is 0 Å². The molecule has 1 aromatic heterocycles. The molecular weight excluding hydrogens is 306 g/mol. The number of hydrogen-bond acceptors (Lipinski definition) is 1. The molecule has 0 aliphatic heterocycles. The lowest BCUT2D eigenvalue weighted by molar-refractivity contribution is 0.0697.